The molecule has 9 nitrogen and oxygen atoms in total. The van der Waals surface area contributed by atoms with Gasteiger partial charge in [0.05, 0.1) is 17.8 Å². The molecule has 0 bridgehead atoms. The fourth-order valence-corrected chi connectivity index (χ4v) is 5.00. The molecule has 0 saturated heterocycles. The Bertz CT molecular complexity index is 1550. The maximum absolute atomic E-state index is 15.8. The number of fused-ring (bicyclic) bond motifs is 2. The van der Waals surface area contributed by atoms with Gasteiger partial charge in [0.25, 0.3) is 5.91 Å². The van der Waals surface area contributed by atoms with Crippen molar-refractivity contribution in [3.05, 3.63) is 76.6 Å². The van der Waals surface area contributed by atoms with Crippen LogP contribution in [0.25, 0.3) is 5.57 Å². The summed E-state index contributed by atoms with van der Waals surface area (Å²) in [6.07, 6.45) is 6.81. The van der Waals surface area contributed by atoms with Crippen LogP contribution in [0.4, 0.5) is 21.7 Å². The highest BCUT2D eigenvalue weighted by atomic mass is 19.1. The largest absolute Gasteiger partial charge is 0.365 e. The van der Waals surface area contributed by atoms with Crippen LogP contribution in [0.15, 0.2) is 48.6 Å². The van der Waals surface area contributed by atoms with Crippen LogP contribution in [-0.2, 0) is 23.2 Å². The number of carbonyl (C=O) groups is 2. The highest BCUT2D eigenvalue weighted by molar-refractivity contribution is 6.04. The van der Waals surface area contributed by atoms with Crippen molar-refractivity contribution >= 4 is 34.7 Å². The highest BCUT2D eigenvalue weighted by Gasteiger charge is 2.35. The average Bonchev–Trinajstić information content (AvgIpc) is 3.12. The number of halogens is 1. The number of nitrogens with zero attached hydrogens (tertiary/aromatic N) is 4. The van der Waals surface area contributed by atoms with E-state index in [9.17, 15) is 9.59 Å². The number of aryl methyl sites for hydroxylation is 3. The van der Waals surface area contributed by atoms with Gasteiger partial charge < -0.3 is 16.4 Å². The molecule has 0 saturated carbocycles. The molecule has 0 fully saturated rings. The zero-order chi connectivity index (χ0) is 28.1. The van der Waals surface area contributed by atoms with Crippen LogP contribution < -0.4 is 16.4 Å². The molecule has 1 aliphatic heterocycles. The lowest BCUT2D eigenvalue weighted by molar-refractivity contribution is -0.119. The summed E-state index contributed by atoms with van der Waals surface area (Å²) in [4.78, 5) is 33.9. The van der Waals surface area contributed by atoms with Crippen molar-refractivity contribution in [2.45, 2.75) is 53.0 Å². The SMILES string of the molecule is Cc1cncc(NC(=O)C2C=CC(c3nn4c(c3C(N)=O)Nc3ccc(C(C)(C)C)cc3CC4)=C(F)C2C)n1. The lowest BCUT2D eigenvalue weighted by Crippen LogP contribution is -2.29. The lowest BCUT2D eigenvalue weighted by Gasteiger charge is -2.24. The number of nitrogens with two attached hydrogens (primary N) is 1. The number of amides is 2. The number of primary amides is 1. The van der Waals surface area contributed by atoms with E-state index in [0.29, 0.717) is 30.3 Å². The summed E-state index contributed by atoms with van der Waals surface area (Å²) in [5.41, 5.74) is 10.0. The topological polar surface area (TPSA) is 128 Å². The van der Waals surface area contributed by atoms with Crippen molar-refractivity contribution in [2.75, 3.05) is 10.6 Å². The molecule has 0 spiro atoms. The number of aromatic nitrogens is 4. The molecule has 10 heteroatoms. The van der Waals surface area contributed by atoms with Crippen molar-refractivity contribution in [1.29, 1.82) is 0 Å². The first-order valence-electron chi connectivity index (χ1n) is 12.9. The average molecular weight is 530 g/mol. The molecule has 4 N–H and O–H groups in total. The molecule has 39 heavy (non-hydrogen) atoms. The standard InChI is InChI=1S/C29H32FN7O2/c1-15-13-32-14-22(33-15)35-28(39)19-7-8-20(24(30)16(19)2)25-23(26(31)38)27-34-21-9-6-18(29(3,4)5)12-17(21)10-11-37(27)36-25/h6-9,12-14,16,19,34H,10-11H2,1-5H3,(H2,31,38)(H,33,35,39). The molecule has 2 unspecified atom stereocenters. The first kappa shape index (κ1) is 26.3. The van der Waals surface area contributed by atoms with E-state index in [1.54, 1.807) is 30.8 Å². The smallest absolute Gasteiger partial charge is 0.254 e. The molecule has 1 aliphatic carbocycles. The minimum absolute atomic E-state index is 0.00329. The van der Waals surface area contributed by atoms with Gasteiger partial charge in [-0.05, 0) is 36.0 Å². The fraction of sp³-hybridized carbons (Fsp3) is 0.345. The molecule has 3 heterocycles. The number of hydrogen-bond donors (Lipinski definition) is 3. The highest BCUT2D eigenvalue weighted by Crippen LogP contribution is 2.40. The monoisotopic (exact) mass is 529 g/mol. The number of anilines is 3. The van der Waals surface area contributed by atoms with Gasteiger partial charge in [0, 0.05) is 29.9 Å². The summed E-state index contributed by atoms with van der Waals surface area (Å²) in [7, 11) is 0. The van der Waals surface area contributed by atoms with E-state index in [1.165, 1.54) is 17.8 Å². The van der Waals surface area contributed by atoms with Crippen LogP contribution in [0.2, 0.25) is 0 Å². The number of nitrogens with one attached hydrogen (secondary N) is 2. The van der Waals surface area contributed by atoms with Crippen molar-refractivity contribution in [1.82, 2.24) is 19.7 Å². The quantitative estimate of drug-likeness (QED) is 0.445. The van der Waals surface area contributed by atoms with E-state index in [-0.39, 0.29) is 22.2 Å². The third kappa shape index (κ3) is 4.94. The second kappa shape index (κ2) is 9.76. The first-order valence-corrected chi connectivity index (χ1v) is 12.9. The Labute approximate surface area is 226 Å². The zero-order valence-corrected chi connectivity index (χ0v) is 22.7. The number of carbonyl (C=O) groups excluding carboxylic acids is 2. The lowest BCUT2D eigenvalue weighted by atomic mass is 9.84. The summed E-state index contributed by atoms with van der Waals surface area (Å²) >= 11 is 0. The van der Waals surface area contributed by atoms with Crippen molar-refractivity contribution in [3.8, 4) is 0 Å². The molecule has 5 rings (SSSR count). The maximum Gasteiger partial charge on any atom is 0.254 e. The van der Waals surface area contributed by atoms with Crippen LogP contribution in [-0.4, -0.2) is 31.6 Å². The second-order valence-electron chi connectivity index (χ2n) is 11.1. The molecular formula is C29H32FN7O2. The van der Waals surface area contributed by atoms with Gasteiger partial charge in [-0.25, -0.2) is 14.1 Å². The number of hydrogen-bond acceptors (Lipinski definition) is 6. The second-order valence-corrected chi connectivity index (χ2v) is 11.1. The van der Waals surface area contributed by atoms with Gasteiger partial charge in [-0.15, -0.1) is 0 Å². The molecule has 2 atom stereocenters. The van der Waals surface area contributed by atoms with Gasteiger partial charge in [0.15, 0.2) is 5.82 Å². The predicted octanol–water partition coefficient (Wildman–Crippen LogP) is 4.82. The molecule has 3 aromatic rings. The minimum Gasteiger partial charge on any atom is -0.365 e. The van der Waals surface area contributed by atoms with Crippen molar-refractivity contribution < 1.29 is 14.0 Å². The van der Waals surface area contributed by atoms with E-state index < -0.39 is 29.5 Å². The van der Waals surface area contributed by atoms with Gasteiger partial charge >= 0.3 is 0 Å². The van der Waals surface area contributed by atoms with Gasteiger partial charge in [0.2, 0.25) is 5.91 Å². The van der Waals surface area contributed by atoms with Crippen molar-refractivity contribution in [2.24, 2.45) is 17.6 Å². The van der Waals surface area contributed by atoms with Crippen LogP contribution >= 0.6 is 0 Å². The minimum atomic E-state index is -0.797. The van der Waals surface area contributed by atoms with E-state index in [0.717, 1.165) is 11.3 Å². The van der Waals surface area contributed by atoms with Crippen LogP contribution in [0.1, 0.15) is 60.6 Å². The van der Waals surface area contributed by atoms with Crippen LogP contribution in [0, 0.1) is 18.8 Å². The van der Waals surface area contributed by atoms with Crippen LogP contribution in [0.5, 0.6) is 0 Å². The first-order chi connectivity index (χ1) is 18.4. The summed E-state index contributed by atoms with van der Waals surface area (Å²) in [6, 6.07) is 6.22. The van der Waals surface area contributed by atoms with Gasteiger partial charge in [-0.3, -0.25) is 14.6 Å². The Kier molecular flexibility index (Phi) is 6.57. The number of rotatable bonds is 4. The maximum atomic E-state index is 15.8. The van der Waals surface area contributed by atoms with E-state index in [2.05, 4.69) is 58.6 Å². The molecule has 202 valence electrons. The fourth-order valence-electron chi connectivity index (χ4n) is 5.00. The molecular weight excluding hydrogens is 497 g/mol. The molecule has 2 aromatic heterocycles. The summed E-state index contributed by atoms with van der Waals surface area (Å²) in [5.74, 6) is -2.52. The summed E-state index contributed by atoms with van der Waals surface area (Å²) in [6.45, 7) is 10.4. The Morgan fingerprint density at radius 2 is 2.00 bits per heavy atom. The Morgan fingerprint density at radius 3 is 2.69 bits per heavy atom. The van der Waals surface area contributed by atoms with Crippen LogP contribution in [0.3, 0.4) is 0 Å². The Hall–Kier alpha value is -4.34. The summed E-state index contributed by atoms with van der Waals surface area (Å²) < 4.78 is 17.5. The summed E-state index contributed by atoms with van der Waals surface area (Å²) in [5, 5.41) is 10.7. The molecule has 0 radical (unpaired) electrons. The van der Waals surface area contributed by atoms with E-state index in [1.807, 2.05) is 6.07 Å². The molecule has 2 aliphatic rings. The number of benzene rings is 1. The number of allylic oxidation sites excluding steroid dienone is 3. The van der Waals surface area contributed by atoms with Gasteiger partial charge in [-0.1, -0.05) is 52.0 Å². The zero-order valence-electron chi connectivity index (χ0n) is 22.7. The third-order valence-electron chi connectivity index (χ3n) is 7.25. The Balaban J connectivity index is 1.46. The molecule has 1 aromatic carbocycles. The van der Waals surface area contributed by atoms with Crippen molar-refractivity contribution in [3.63, 3.8) is 0 Å². The van der Waals surface area contributed by atoms with Gasteiger partial charge in [-0.2, -0.15) is 5.10 Å². The molecule has 2 amide bonds. The van der Waals surface area contributed by atoms with E-state index >= 15 is 4.39 Å². The van der Waals surface area contributed by atoms with Gasteiger partial charge in [0.1, 0.15) is 22.9 Å². The Morgan fingerprint density at radius 1 is 1.23 bits per heavy atom. The predicted molar refractivity (Wildman–Crippen MR) is 148 cm³/mol. The van der Waals surface area contributed by atoms with E-state index in [4.69, 9.17) is 5.73 Å². The normalized spacial score (nSPS) is 18.6. The third-order valence-corrected chi connectivity index (χ3v) is 7.25.